The molecule has 0 bridgehead atoms. The van der Waals surface area contributed by atoms with E-state index in [-0.39, 0.29) is 17.7 Å². The van der Waals surface area contributed by atoms with Crippen LogP contribution in [0.2, 0.25) is 0 Å². The third-order valence-corrected chi connectivity index (χ3v) is 4.67. The molecular weight excluding hydrogens is 342 g/mol. The molecule has 0 saturated carbocycles. The highest BCUT2D eigenvalue weighted by Gasteiger charge is 2.21. The SMILES string of the molecule is CC(C)c1nc2cc(NC(=O)c3ccc(N4CCCC4=O)cc3)ccc2o1. The molecule has 1 N–H and O–H groups in total. The second-order valence-corrected chi connectivity index (χ2v) is 7.04. The number of aromatic nitrogens is 1. The molecule has 138 valence electrons. The average Bonchev–Trinajstić information content (AvgIpc) is 3.27. The normalized spacial score (nSPS) is 14.3. The first-order chi connectivity index (χ1) is 13.0. The maximum absolute atomic E-state index is 12.5. The smallest absolute Gasteiger partial charge is 0.255 e. The van der Waals surface area contributed by atoms with Gasteiger partial charge < -0.3 is 14.6 Å². The summed E-state index contributed by atoms with van der Waals surface area (Å²) in [6.45, 7) is 4.78. The first kappa shape index (κ1) is 17.3. The van der Waals surface area contributed by atoms with Gasteiger partial charge in [-0.15, -0.1) is 0 Å². The Morgan fingerprint density at radius 1 is 1.19 bits per heavy atom. The summed E-state index contributed by atoms with van der Waals surface area (Å²) in [6.07, 6.45) is 1.47. The summed E-state index contributed by atoms with van der Waals surface area (Å²) in [5, 5.41) is 2.89. The van der Waals surface area contributed by atoms with Crippen LogP contribution in [-0.4, -0.2) is 23.3 Å². The Labute approximate surface area is 157 Å². The second-order valence-electron chi connectivity index (χ2n) is 7.04. The molecule has 6 nitrogen and oxygen atoms in total. The molecule has 1 aliphatic heterocycles. The molecule has 3 aromatic rings. The minimum absolute atomic E-state index is 0.133. The number of amides is 2. The Balaban J connectivity index is 1.50. The van der Waals surface area contributed by atoms with Crippen LogP contribution in [-0.2, 0) is 4.79 Å². The highest BCUT2D eigenvalue weighted by Crippen LogP contribution is 2.25. The maximum atomic E-state index is 12.5. The predicted molar refractivity (Wildman–Crippen MR) is 104 cm³/mol. The van der Waals surface area contributed by atoms with Crippen molar-refractivity contribution in [2.45, 2.75) is 32.6 Å². The van der Waals surface area contributed by atoms with Gasteiger partial charge in [-0.05, 0) is 48.9 Å². The van der Waals surface area contributed by atoms with Gasteiger partial charge in [0, 0.05) is 35.8 Å². The summed E-state index contributed by atoms with van der Waals surface area (Å²) in [6, 6.07) is 12.5. The van der Waals surface area contributed by atoms with Crippen LogP contribution in [0.25, 0.3) is 11.1 Å². The number of fused-ring (bicyclic) bond motifs is 1. The molecule has 1 fully saturated rings. The molecule has 27 heavy (non-hydrogen) atoms. The third-order valence-electron chi connectivity index (χ3n) is 4.67. The largest absolute Gasteiger partial charge is 0.440 e. The Morgan fingerprint density at radius 2 is 1.96 bits per heavy atom. The van der Waals surface area contributed by atoms with E-state index in [1.807, 2.05) is 32.0 Å². The van der Waals surface area contributed by atoms with Gasteiger partial charge >= 0.3 is 0 Å². The summed E-state index contributed by atoms with van der Waals surface area (Å²) in [5.74, 6) is 0.812. The van der Waals surface area contributed by atoms with Gasteiger partial charge in [-0.25, -0.2) is 4.98 Å². The number of oxazole rings is 1. The lowest BCUT2D eigenvalue weighted by atomic mass is 10.1. The Hall–Kier alpha value is -3.15. The standard InChI is InChI=1S/C21H21N3O3/c1-13(2)21-23-17-12-15(7-10-18(17)27-21)22-20(26)14-5-8-16(9-6-14)24-11-3-4-19(24)25/h5-10,12-13H,3-4,11H2,1-2H3,(H,22,26). The molecule has 0 spiro atoms. The van der Waals surface area contributed by atoms with Crippen LogP contribution in [0.1, 0.15) is 48.9 Å². The lowest BCUT2D eigenvalue weighted by molar-refractivity contribution is -0.117. The highest BCUT2D eigenvalue weighted by atomic mass is 16.3. The highest BCUT2D eigenvalue weighted by molar-refractivity contribution is 6.05. The Kier molecular flexibility index (Phi) is 4.39. The molecule has 0 atom stereocenters. The first-order valence-corrected chi connectivity index (χ1v) is 9.13. The van der Waals surface area contributed by atoms with Gasteiger partial charge in [0.15, 0.2) is 11.5 Å². The zero-order valence-corrected chi connectivity index (χ0v) is 15.4. The second kappa shape index (κ2) is 6.87. The summed E-state index contributed by atoms with van der Waals surface area (Å²) >= 11 is 0. The van der Waals surface area contributed by atoms with Crippen molar-refractivity contribution in [2.24, 2.45) is 0 Å². The molecular formula is C21H21N3O3. The monoisotopic (exact) mass is 363 g/mol. The zero-order chi connectivity index (χ0) is 19.0. The van der Waals surface area contributed by atoms with Crippen molar-refractivity contribution in [3.8, 4) is 0 Å². The zero-order valence-electron chi connectivity index (χ0n) is 15.4. The molecule has 0 aliphatic carbocycles. The van der Waals surface area contributed by atoms with Gasteiger partial charge in [0.25, 0.3) is 5.91 Å². The van der Waals surface area contributed by atoms with Gasteiger partial charge in [-0.3, -0.25) is 9.59 Å². The maximum Gasteiger partial charge on any atom is 0.255 e. The van der Waals surface area contributed by atoms with E-state index in [9.17, 15) is 9.59 Å². The third kappa shape index (κ3) is 3.43. The van der Waals surface area contributed by atoms with Crippen LogP contribution in [0.3, 0.4) is 0 Å². The topological polar surface area (TPSA) is 75.4 Å². The van der Waals surface area contributed by atoms with Crippen molar-refractivity contribution in [2.75, 3.05) is 16.8 Å². The van der Waals surface area contributed by atoms with Crippen LogP contribution < -0.4 is 10.2 Å². The number of hydrogen-bond acceptors (Lipinski definition) is 4. The molecule has 0 radical (unpaired) electrons. The van der Waals surface area contributed by atoms with E-state index in [2.05, 4.69) is 10.3 Å². The number of nitrogens with one attached hydrogen (secondary N) is 1. The Morgan fingerprint density at radius 3 is 2.63 bits per heavy atom. The van der Waals surface area contributed by atoms with E-state index in [1.54, 1.807) is 29.2 Å². The molecule has 2 heterocycles. The first-order valence-electron chi connectivity index (χ1n) is 9.13. The van der Waals surface area contributed by atoms with Crippen LogP contribution in [0.15, 0.2) is 46.9 Å². The summed E-state index contributed by atoms with van der Waals surface area (Å²) < 4.78 is 5.69. The fourth-order valence-electron chi connectivity index (χ4n) is 3.19. The van der Waals surface area contributed by atoms with Gasteiger partial charge in [0.1, 0.15) is 5.52 Å². The van der Waals surface area contributed by atoms with Crippen molar-refractivity contribution in [1.29, 1.82) is 0 Å². The summed E-state index contributed by atoms with van der Waals surface area (Å²) in [7, 11) is 0. The van der Waals surface area contributed by atoms with Crippen molar-refractivity contribution in [1.82, 2.24) is 4.98 Å². The molecule has 4 rings (SSSR count). The fourth-order valence-corrected chi connectivity index (χ4v) is 3.19. The average molecular weight is 363 g/mol. The minimum atomic E-state index is -0.207. The summed E-state index contributed by atoms with van der Waals surface area (Å²) in [4.78, 5) is 30.6. The lowest BCUT2D eigenvalue weighted by Gasteiger charge is -2.15. The Bertz CT molecular complexity index is 1010. The van der Waals surface area contributed by atoms with Crippen molar-refractivity contribution in [3.63, 3.8) is 0 Å². The molecule has 0 unspecified atom stereocenters. The van der Waals surface area contributed by atoms with Crippen LogP contribution >= 0.6 is 0 Å². The van der Waals surface area contributed by atoms with Crippen LogP contribution in [0.4, 0.5) is 11.4 Å². The van der Waals surface area contributed by atoms with Crippen molar-refractivity contribution >= 4 is 34.3 Å². The molecule has 2 aromatic carbocycles. The lowest BCUT2D eigenvalue weighted by Crippen LogP contribution is -2.23. The van der Waals surface area contributed by atoms with Crippen LogP contribution in [0.5, 0.6) is 0 Å². The van der Waals surface area contributed by atoms with Crippen molar-refractivity contribution < 1.29 is 14.0 Å². The molecule has 1 aliphatic rings. The quantitative estimate of drug-likeness (QED) is 0.748. The van der Waals surface area contributed by atoms with E-state index in [0.717, 1.165) is 24.2 Å². The number of carbonyl (C=O) groups excluding carboxylic acids is 2. The molecule has 1 aromatic heterocycles. The van der Waals surface area contributed by atoms with E-state index in [1.165, 1.54) is 0 Å². The molecule has 1 saturated heterocycles. The number of anilines is 2. The van der Waals surface area contributed by atoms with E-state index in [0.29, 0.717) is 29.1 Å². The molecule has 6 heteroatoms. The van der Waals surface area contributed by atoms with Crippen molar-refractivity contribution in [3.05, 3.63) is 53.9 Å². The summed E-state index contributed by atoms with van der Waals surface area (Å²) in [5.41, 5.74) is 3.46. The van der Waals surface area contributed by atoms with Crippen LogP contribution in [0, 0.1) is 0 Å². The van der Waals surface area contributed by atoms with Gasteiger partial charge in [0.2, 0.25) is 5.91 Å². The van der Waals surface area contributed by atoms with E-state index < -0.39 is 0 Å². The molecule has 2 amide bonds. The number of benzene rings is 2. The van der Waals surface area contributed by atoms with E-state index >= 15 is 0 Å². The van der Waals surface area contributed by atoms with Gasteiger partial charge in [-0.1, -0.05) is 13.8 Å². The van der Waals surface area contributed by atoms with E-state index in [4.69, 9.17) is 4.42 Å². The number of rotatable bonds is 4. The predicted octanol–water partition coefficient (Wildman–Crippen LogP) is 4.33. The number of hydrogen-bond donors (Lipinski definition) is 1. The van der Waals surface area contributed by atoms with Gasteiger partial charge in [0.05, 0.1) is 0 Å². The number of carbonyl (C=O) groups is 2. The number of nitrogens with zero attached hydrogens (tertiary/aromatic N) is 2. The van der Waals surface area contributed by atoms with Gasteiger partial charge in [-0.2, -0.15) is 0 Å². The minimum Gasteiger partial charge on any atom is -0.440 e. The fraction of sp³-hybridized carbons (Fsp3) is 0.286.